The lowest BCUT2D eigenvalue weighted by Gasteiger charge is -2.12. The van der Waals surface area contributed by atoms with E-state index in [0.29, 0.717) is 6.54 Å². The van der Waals surface area contributed by atoms with Crippen LogP contribution in [0, 0.1) is 13.8 Å². The predicted octanol–water partition coefficient (Wildman–Crippen LogP) is 2.99. The van der Waals surface area contributed by atoms with Gasteiger partial charge in [-0.3, -0.25) is 4.79 Å². The molecular formula is C19H21N3O. The summed E-state index contributed by atoms with van der Waals surface area (Å²) in [6, 6.07) is 14.7. The molecule has 1 N–H and O–H groups in total. The molecule has 4 heteroatoms. The second kappa shape index (κ2) is 6.65. The standard InChI is InChI=1S/C19H21N3O/c1-14-7-8-15(2)16(11-14)12-22-18-6-4-3-5-17(18)21-19(22)9-10-20-13-23/h3-8,11,13H,9-10,12H2,1-2H3,(H,20,23). The van der Waals surface area contributed by atoms with Crippen molar-refractivity contribution in [3.05, 3.63) is 65.0 Å². The molecule has 3 rings (SSSR count). The first-order valence-electron chi connectivity index (χ1n) is 7.86. The van der Waals surface area contributed by atoms with E-state index in [-0.39, 0.29) is 0 Å². The molecule has 1 amide bonds. The Bertz CT molecular complexity index is 836. The average molecular weight is 307 g/mol. The van der Waals surface area contributed by atoms with E-state index in [1.807, 2.05) is 18.2 Å². The van der Waals surface area contributed by atoms with Gasteiger partial charge in [-0.1, -0.05) is 35.9 Å². The second-order valence-electron chi connectivity index (χ2n) is 5.85. The van der Waals surface area contributed by atoms with Crippen LogP contribution < -0.4 is 5.32 Å². The summed E-state index contributed by atoms with van der Waals surface area (Å²) in [4.78, 5) is 15.2. The molecule has 0 saturated carbocycles. The Labute approximate surface area is 136 Å². The number of nitrogens with one attached hydrogen (secondary N) is 1. The molecule has 0 fully saturated rings. The minimum Gasteiger partial charge on any atom is -0.358 e. The molecule has 0 unspecified atom stereocenters. The van der Waals surface area contributed by atoms with Crippen molar-refractivity contribution in [1.82, 2.24) is 14.9 Å². The summed E-state index contributed by atoms with van der Waals surface area (Å²) in [5.41, 5.74) is 5.98. The summed E-state index contributed by atoms with van der Waals surface area (Å²) >= 11 is 0. The van der Waals surface area contributed by atoms with Crippen molar-refractivity contribution in [2.45, 2.75) is 26.8 Å². The summed E-state index contributed by atoms with van der Waals surface area (Å²) in [6.45, 7) is 5.65. The number of imidazole rings is 1. The molecule has 3 aromatic rings. The Morgan fingerprint density at radius 3 is 2.83 bits per heavy atom. The lowest BCUT2D eigenvalue weighted by Crippen LogP contribution is -2.17. The van der Waals surface area contributed by atoms with Crippen molar-refractivity contribution in [3.63, 3.8) is 0 Å². The highest BCUT2D eigenvalue weighted by molar-refractivity contribution is 5.76. The third-order valence-electron chi connectivity index (χ3n) is 4.14. The number of aromatic nitrogens is 2. The van der Waals surface area contributed by atoms with Crippen LogP contribution in [0.2, 0.25) is 0 Å². The fourth-order valence-corrected chi connectivity index (χ4v) is 2.88. The summed E-state index contributed by atoms with van der Waals surface area (Å²) in [5, 5.41) is 2.72. The third-order valence-corrected chi connectivity index (χ3v) is 4.14. The van der Waals surface area contributed by atoms with Crippen LogP contribution >= 0.6 is 0 Å². The molecule has 23 heavy (non-hydrogen) atoms. The van der Waals surface area contributed by atoms with Gasteiger partial charge in [0.1, 0.15) is 5.82 Å². The summed E-state index contributed by atoms with van der Waals surface area (Å²) in [5.74, 6) is 1.00. The molecule has 118 valence electrons. The van der Waals surface area contributed by atoms with Crippen LogP contribution in [0.5, 0.6) is 0 Å². The molecular weight excluding hydrogens is 286 g/mol. The molecule has 1 aromatic heterocycles. The maximum Gasteiger partial charge on any atom is 0.207 e. The average Bonchev–Trinajstić information content (AvgIpc) is 2.89. The van der Waals surface area contributed by atoms with Crippen LogP contribution in [-0.2, 0) is 17.8 Å². The SMILES string of the molecule is Cc1ccc(C)c(Cn2c(CCNC=O)nc3ccccc32)c1. The highest BCUT2D eigenvalue weighted by Crippen LogP contribution is 2.20. The molecule has 4 nitrogen and oxygen atoms in total. The molecule has 0 aliphatic rings. The van der Waals surface area contributed by atoms with Crippen molar-refractivity contribution in [2.75, 3.05) is 6.54 Å². The van der Waals surface area contributed by atoms with E-state index < -0.39 is 0 Å². The molecule has 0 aliphatic heterocycles. The van der Waals surface area contributed by atoms with Crippen LogP contribution in [0.25, 0.3) is 11.0 Å². The maximum atomic E-state index is 10.5. The molecule has 0 atom stereocenters. The van der Waals surface area contributed by atoms with Crippen molar-refractivity contribution < 1.29 is 4.79 Å². The van der Waals surface area contributed by atoms with E-state index in [4.69, 9.17) is 4.98 Å². The highest BCUT2D eigenvalue weighted by atomic mass is 16.1. The van der Waals surface area contributed by atoms with Gasteiger partial charge >= 0.3 is 0 Å². The lowest BCUT2D eigenvalue weighted by molar-refractivity contribution is -0.109. The minimum atomic E-state index is 0.597. The van der Waals surface area contributed by atoms with E-state index in [2.05, 4.69) is 48.0 Å². The van der Waals surface area contributed by atoms with E-state index >= 15 is 0 Å². The predicted molar refractivity (Wildman–Crippen MR) is 92.5 cm³/mol. The molecule has 0 aliphatic carbocycles. The zero-order valence-corrected chi connectivity index (χ0v) is 13.5. The lowest BCUT2D eigenvalue weighted by atomic mass is 10.1. The zero-order chi connectivity index (χ0) is 16.2. The van der Waals surface area contributed by atoms with E-state index in [0.717, 1.165) is 36.2 Å². The Morgan fingerprint density at radius 1 is 1.17 bits per heavy atom. The second-order valence-corrected chi connectivity index (χ2v) is 5.85. The first kappa shape index (κ1) is 15.3. The monoisotopic (exact) mass is 307 g/mol. The number of benzene rings is 2. The van der Waals surface area contributed by atoms with Crippen molar-refractivity contribution >= 4 is 17.4 Å². The minimum absolute atomic E-state index is 0.597. The van der Waals surface area contributed by atoms with Crippen molar-refractivity contribution in [3.8, 4) is 0 Å². The Morgan fingerprint density at radius 2 is 2.00 bits per heavy atom. The summed E-state index contributed by atoms with van der Waals surface area (Å²) < 4.78 is 2.25. The van der Waals surface area contributed by atoms with Gasteiger partial charge in [-0.05, 0) is 37.1 Å². The van der Waals surface area contributed by atoms with Gasteiger partial charge in [-0.25, -0.2) is 4.98 Å². The van der Waals surface area contributed by atoms with Gasteiger partial charge in [-0.2, -0.15) is 0 Å². The van der Waals surface area contributed by atoms with E-state index in [1.165, 1.54) is 16.7 Å². The number of amides is 1. The Hall–Kier alpha value is -2.62. The number of para-hydroxylation sites is 2. The topological polar surface area (TPSA) is 46.9 Å². The molecule has 2 aromatic carbocycles. The molecule has 0 spiro atoms. The van der Waals surface area contributed by atoms with Crippen LogP contribution in [0.3, 0.4) is 0 Å². The molecule has 0 bridgehead atoms. The number of carbonyl (C=O) groups is 1. The summed E-state index contributed by atoms with van der Waals surface area (Å²) in [7, 11) is 0. The maximum absolute atomic E-state index is 10.5. The van der Waals surface area contributed by atoms with Crippen molar-refractivity contribution in [1.29, 1.82) is 0 Å². The Balaban J connectivity index is 2.01. The van der Waals surface area contributed by atoms with Gasteiger partial charge < -0.3 is 9.88 Å². The largest absolute Gasteiger partial charge is 0.358 e. The number of fused-ring (bicyclic) bond motifs is 1. The number of hydrogen-bond donors (Lipinski definition) is 1. The van der Waals surface area contributed by atoms with Gasteiger partial charge in [0.25, 0.3) is 0 Å². The third kappa shape index (κ3) is 3.26. The van der Waals surface area contributed by atoms with Gasteiger partial charge in [0, 0.05) is 19.5 Å². The molecule has 0 radical (unpaired) electrons. The van der Waals surface area contributed by atoms with Crippen LogP contribution in [0.1, 0.15) is 22.5 Å². The molecule has 1 heterocycles. The quantitative estimate of drug-likeness (QED) is 0.562. The number of hydrogen-bond acceptors (Lipinski definition) is 2. The number of carbonyl (C=O) groups excluding carboxylic acids is 1. The first-order chi connectivity index (χ1) is 11.2. The first-order valence-corrected chi connectivity index (χ1v) is 7.86. The van der Waals surface area contributed by atoms with Gasteiger partial charge in [0.15, 0.2) is 0 Å². The highest BCUT2D eigenvalue weighted by Gasteiger charge is 2.11. The number of aryl methyl sites for hydroxylation is 2. The van der Waals surface area contributed by atoms with E-state index in [1.54, 1.807) is 0 Å². The smallest absolute Gasteiger partial charge is 0.207 e. The van der Waals surface area contributed by atoms with E-state index in [9.17, 15) is 4.79 Å². The number of rotatable bonds is 6. The fourth-order valence-electron chi connectivity index (χ4n) is 2.88. The van der Waals surface area contributed by atoms with Gasteiger partial charge in [0.2, 0.25) is 6.41 Å². The van der Waals surface area contributed by atoms with Crippen LogP contribution in [0.15, 0.2) is 42.5 Å². The number of nitrogens with zero attached hydrogens (tertiary/aromatic N) is 2. The zero-order valence-electron chi connectivity index (χ0n) is 13.5. The molecule has 0 saturated heterocycles. The normalized spacial score (nSPS) is 10.9. The van der Waals surface area contributed by atoms with Gasteiger partial charge in [-0.15, -0.1) is 0 Å². The fraction of sp³-hybridized carbons (Fsp3) is 0.263. The van der Waals surface area contributed by atoms with Crippen LogP contribution in [0.4, 0.5) is 0 Å². The summed E-state index contributed by atoms with van der Waals surface area (Å²) in [6.07, 6.45) is 1.45. The van der Waals surface area contributed by atoms with Gasteiger partial charge in [0.05, 0.1) is 11.0 Å². The Kier molecular flexibility index (Phi) is 4.42. The van der Waals surface area contributed by atoms with Crippen molar-refractivity contribution in [2.24, 2.45) is 0 Å². The van der Waals surface area contributed by atoms with Crippen LogP contribution in [-0.4, -0.2) is 22.5 Å².